The van der Waals surface area contributed by atoms with E-state index >= 15 is 0 Å². The maximum atomic E-state index is 13.0. The summed E-state index contributed by atoms with van der Waals surface area (Å²) in [6.07, 6.45) is -3.79. The van der Waals surface area contributed by atoms with Crippen LogP contribution >= 0.6 is 0 Å². The van der Waals surface area contributed by atoms with Gasteiger partial charge in [-0.25, -0.2) is 4.79 Å². The molecule has 148 valence electrons. The number of benzene rings is 2. The molecule has 3 rings (SSSR count). The average Bonchev–Trinajstić information content (AvgIpc) is 2.92. The Morgan fingerprint density at radius 1 is 1.07 bits per heavy atom. The van der Waals surface area contributed by atoms with Gasteiger partial charge in [0.1, 0.15) is 5.75 Å². The smallest absolute Gasteiger partial charge is 0.452 e. The number of anilines is 1. The maximum absolute atomic E-state index is 13.0. The molecular formula is C17H11F4NO6. The van der Waals surface area contributed by atoms with Crippen molar-refractivity contribution < 1.29 is 46.1 Å². The zero-order valence-electron chi connectivity index (χ0n) is 13.8. The molecule has 0 saturated heterocycles. The normalized spacial score (nSPS) is 13.9. The molecule has 0 saturated carbocycles. The van der Waals surface area contributed by atoms with Gasteiger partial charge in [0.25, 0.3) is 5.91 Å². The number of hydrogen-bond acceptors (Lipinski definition) is 6. The molecule has 1 N–H and O–H groups in total. The fourth-order valence-electron chi connectivity index (χ4n) is 2.24. The number of amides is 1. The first-order chi connectivity index (χ1) is 13.2. The van der Waals surface area contributed by atoms with Crippen LogP contribution in [0.2, 0.25) is 0 Å². The highest BCUT2D eigenvalue weighted by molar-refractivity contribution is 5.95. The standard InChI is InChI=1S/C17H11F4NO6/c18-16(19)26-11-3-1-2-9(6-11)15(24)25-8-14(23)22-10-4-5-12-13(7-10)28-17(20,21)27-12/h1-7,16H,8H2,(H,22,23). The van der Waals surface area contributed by atoms with Crippen LogP contribution in [-0.4, -0.2) is 31.4 Å². The lowest BCUT2D eigenvalue weighted by atomic mass is 10.2. The van der Waals surface area contributed by atoms with E-state index in [9.17, 15) is 27.2 Å². The summed E-state index contributed by atoms with van der Waals surface area (Å²) >= 11 is 0. The van der Waals surface area contributed by atoms with E-state index in [1.165, 1.54) is 30.3 Å². The van der Waals surface area contributed by atoms with Gasteiger partial charge in [-0.2, -0.15) is 8.78 Å². The number of carbonyl (C=O) groups excluding carboxylic acids is 2. The lowest BCUT2D eigenvalue weighted by Gasteiger charge is -2.08. The fraction of sp³-hybridized carbons (Fsp3) is 0.176. The summed E-state index contributed by atoms with van der Waals surface area (Å²) in [4.78, 5) is 23.8. The van der Waals surface area contributed by atoms with Crippen LogP contribution in [0, 0.1) is 0 Å². The second kappa shape index (κ2) is 7.62. The predicted molar refractivity (Wildman–Crippen MR) is 84.6 cm³/mol. The topological polar surface area (TPSA) is 83.1 Å². The molecule has 2 aromatic rings. The van der Waals surface area contributed by atoms with Gasteiger partial charge >= 0.3 is 18.9 Å². The molecule has 0 spiro atoms. The second-order valence-corrected chi connectivity index (χ2v) is 5.36. The Kier molecular flexibility index (Phi) is 5.25. The van der Waals surface area contributed by atoms with Crippen molar-refractivity contribution in [1.82, 2.24) is 0 Å². The third-order valence-corrected chi connectivity index (χ3v) is 3.31. The monoisotopic (exact) mass is 401 g/mol. The summed E-state index contributed by atoms with van der Waals surface area (Å²) < 4.78 is 67.7. The Balaban J connectivity index is 1.54. The summed E-state index contributed by atoms with van der Waals surface area (Å²) in [5.74, 6) is -2.42. The Morgan fingerprint density at radius 2 is 1.82 bits per heavy atom. The van der Waals surface area contributed by atoms with Gasteiger partial charge < -0.3 is 24.3 Å². The van der Waals surface area contributed by atoms with Crippen molar-refractivity contribution in [3.63, 3.8) is 0 Å². The minimum atomic E-state index is -3.79. The third kappa shape index (κ3) is 4.81. The lowest BCUT2D eigenvalue weighted by Crippen LogP contribution is -2.25. The van der Waals surface area contributed by atoms with Crippen LogP contribution in [0.15, 0.2) is 42.5 Å². The van der Waals surface area contributed by atoms with Crippen LogP contribution in [0.4, 0.5) is 23.2 Å². The predicted octanol–water partition coefficient (Wildman–Crippen LogP) is 3.41. The van der Waals surface area contributed by atoms with Crippen molar-refractivity contribution >= 4 is 17.6 Å². The molecule has 1 aliphatic rings. The molecule has 1 aliphatic heterocycles. The van der Waals surface area contributed by atoms with Crippen molar-refractivity contribution in [2.24, 2.45) is 0 Å². The largest absolute Gasteiger partial charge is 0.586 e. The Labute approximate surface area is 154 Å². The van der Waals surface area contributed by atoms with Crippen molar-refractivity contribution in [2.45, 2.75) is 12.9 Å². The van der Waals surface area contributed by atoms with Crippen LogP contribution in [-0.2, 0) is 9.53 Å². The van der Waals surface area contributed by atoms with E-state index in [0.29, 0.717) is 0 Å². The van der Waals surface area contributed by atoms with E-state index in [0.717, 1.165) is 12.1 Å². The number of halogens is 4. The fourth-order valence-corrected chi connectivity index (χ4v) is 2.24. The van der Waals surface area contributed by atoms with Crippen LogP contribution in [0.5, 0.6) is 17.2 Å². The number of alkyl halides is 4. The molecule has 0 radical (unpaired) electrons. The van der Waals surface area contributed by atoms with Gasteiger partial charge in [0.2, 0.25) is 0 Å². The summed E-state index contributed by atoms with van der Waals surface area (Å²) in [6.45, 7) is -3.76. The van der Waals surface area contributed by atoms with Gasteiger partial charge in [-0.05, 0) is 30.3 Å². The van der Waals surface area contributed by atoms with E-state index in [1.54, 1.807) is 0 Å². The van der Waals surface area contributed by atoms with Crippen molar-refractivity contribution in [3.8, 4) is 17.2 Å². The van der Waals surface area contributed by atoms with Crippen LogP contribution in [0.3, 0.4) is 0 Å². The van der Waals surface area contributed by atoms with Gasteiger partial charge in [-0.1, -0.05) is 6.07 Å². The van der Waals surface area contributed by atoms with Gasteiger partial charge in [-0.15, -0.1) is 8.78 Å². The minimum Gasteiger partial charge on any atom is -0.452 e. The SMILES string of the molecule is O=C(COC(=O)c1cccc(OC(F)F)c1)Nc1ccc2c(c1)OC(F)(F)O2. The molecule has 1 heterocycles. The highest BCUT2D eigenvalue weighted by Gasteiger charge is 2.43. The molecule has 28 heavy (non-hydrogen) atoms. The van der Waals surface area contributed by atoms with E-state index < -0.39 is 31.4 Å². The molecule has 0 atom stereocenters. The molecule has 0 fully saturated rings. The van der Waals surface area contributed by atoms with Crippen LogP contribution in [0.1, 0.15) is 10.4 Å². The molecule has 11 heteroatoms. The van der Waals surface area contributed by atoms with Crippen LogP contribution < -0.4 is 19.5 Å². The quantitative estimate of drug-likeness (QED) is 0.590. The Morgan fingerprint density at radius 3 is 2.57 bits per heavy atom. The van der Waals surface area contributed by atoms with Crippen molar-refractivity contribution in [2.75, 3.05) is 11.9 Å². The Bertz CT molecular complexity index is 905. The van der Waals surface area contributed by atoms with Crippen LogP contribution in [0.25, 0.3) is 0 Å². The molecule has 0 aromatic heterocycles. The number of rotatable bonds is 6. The summed E-state index contributed by atoms with van der Waals surface area (Å²) in [6, 6.07) is 8.42. The van der Waals surface area contributed by atoms with Crippen molar-refractivity contribution in [1.29, 1.82) is 0 Å². The summed E-state index contributed by atoms with van der Waals surface area (Å²) in [7, 11) is 0. The maximum Gasteiger partial charge on any atom is 0.586 e. The summed E-state index contributed by atoms with van der Waals surface area (Å²) in [5.41, 5.74) is 0.00434. The molecule has 0 bridgehead atoms. The second-order valence-electron chi connectivity index (χ2n) is 5.36. The van der Waals surface area contributed by atoms with E-state index in [-0.39, 0.29) is 28.5 Å². The highest BCUT2D eigenvalue weighted by atomic mass is 19.3. The molecule has 1 amide bonds. The number of ether oxygens (including phenoxy) is 4. The van der Waals surface area contributed by atoms with Gasteiger partial charge in [0.15, 0.2) is 18.1 Å². The molecule has 0 aliphatic carbocycles. The molecule has 0 unspecified atom stereocenters. The number of nitrogens with one attached hydrogen (secondary N) is 1. The number of fused-ring (bicyclic) bond motifs is 1. The van der Waals surface area contributed by atoms with E-state index in [2.05, 4.69) is 19.5 Å². The zero-order valence-corrected chi connectivity index (χ0v) is 13.8. The zero-order chi connectivity index (χ0) is 20.3. The summed E-state index contributed by atoms with van der Waals surface area (Å²) in [5, 5.41) is 2.32. The number of esters is 1. The third-order valence-electron chi connectivity index (χ3n) is 3.31. The van der Waals surface area contributed by atoms with E-state index in [1.807, 2.05) is 0 Å². The van der Waals surface area contributed by atoms with Gasteiger partial charge in [-0.3, -0.25) is 4.79 Å². The number of hydrogen-bond donors (Lipinski definition) is 1. The highest BCUT2D eigenvalue weighted by Crippen LogP contribution is 2.42. The van der Waals surface area contributed by atoms with Gasteiger partial charge in [0, 0.05) is 11.8 Å². The molecule has 2 aromatic carbocycles. The molecule has 7 nitrogen and oxygen atoms in total. The first kappa shape index (κ1) is 19.3. The number of carbonyl (C=O) groups is 2. The van der Waals surface area contributed by atoms with Gasteiger partial charge in [0.05, 0.1) is 5.56 Å². The molecular weight excluding hydrogens is 390 g/mol. The van der Waals surface area contributed by atoms with Crippen molar-refractivity contribution in [3.05, 3.63) is 48.0 Å². The first-order valence-corrected chi connectivity index (χ1v) is 7.63. The first-order valence-electron chi connectivity index (χ1n) is 7.63. The van der Waals surface area contributed by atoms with E-state index in [4.69, 9.17) is 4.74 Å². The average molecular weight is 401 g/mol. The minimum absolute atomic E-state index is 0.101. The Hall–Kier alpha value is -3.50. The lowest BCUT2D eigenvalue weighted by molar-refractivity contribution is -0.286.